The van der Waals surface area contributed by atoms with Crippen LogP contribution in [0, 0.1) is 5.82 Å². The molecule has 0 aliphatic heterocycles. The number of rotatable bonds is 3. The van der Waals surface area contributed by atoms with Crippen molar-refractivity contribution in [3.05, 3.63) is 52.3 Å². The van der Waals surface area contributed by atoms with E-state index in [0.29, 0.717) is 27.2 Å². The van der Waals surface area contributed by atoms with Crippen LogP contribution in [-0.4, -0.2) is 13.0 Å². The van der Waals surface area contributed by atoms with Crippen LogP contribution in [-0.2, 0) is 0 Å². The number of ether oxygens (including phenoxy) is 1. The van der Waals surface area contributed by atoms with Crippen molar-refractivity contribution >= 4 is 33.2 Å². The maximum atomic E-state index is 13.0. The lowest BCUT2D eigenvalue weighted by Gasteiger charge is -2.11. The fourth-order valence-corrected chi connectivity index (χ4v) is 2.22. The second-order valence-corrected chi connectivity index (χ2v) is 4.89. The third-order valence-electron chi connectivity index (χ3n) is 2.65. The highest BCUT2D eigenvalue weighted by atomic mass is 79.9. The van der Waals surface area contributed by atoms with Gasteiger partial charge in [0, 0.05) is 10.2 Å². The fraction of sp³-hybridized carbons (Fsp3) is 0.0714. The first-order valence-electron chi connectivity index (χ1n) is 5.71. The van der Waals surface area contributed by atoms with Crippen molar-refractivity contribution in [3.8, 4) is 5.75 Å². The summed E-state index contributed by atoms with van der Waals surface area (Å²) in [6.45, 7) is 0. The zero-order valence-electron chi connectivity index (χ0n) is 10.6. The number of anilines is 2. The van der Waals surface area contributed by atoms with E-state index in [-0.39, 0.29) is 5.91 Å². The maximum absolute atomic E-state index is 13.0. The van der Waals surface area contributed by atoms with Crippen LogP contribution in [0.5, 0.6) is 5.75 Å². The summed E-state index contributed by atoms with van der Waals surface area (Å²) in [6.07, 6.45) is 0. The number of carbonyl (C=O) groups is 1. The van der Waals surface area contributed by atoms with Crippen LogP contribution in [0.3, 0.4) is 0 Å². The highest BCUT2D eigenvalue weighted by molar-refractivity contribution is 9.10. The van der Waals surface area contributed by atoms with E-state index in [2.05, 4.69) is 21.2 Å². The van der Waals surface area contributed by atoms with Gasteiger partial charge in [-0.15, -0.1) is 0 Å². The smallest absolute Gasteiger partial charge is 0.256 e. The van der Waals surface area contributed by atoms with Gasteiger partial charge in [0.1, 0.15) is 11.6 Å². The summed E-state index contributed by atoms with van der Waals surface area (Å²) in [4.78, 5) is 12.2. The molecule has 20 heavy (non-hydrogen) atoms. The summed E-state index contributed by atoms with van der Waals surface area (Å²) in [7, 11) is 1.50. The average Bonchev–Trinajstić information content (AvgIpc) is 2.38. The zero-order valence-corrected chi connectivity index (χ0v) is 12.2. The minimum absolute atomic E-state index is 0.316. The predicted octanol–water partition coefficient (Wildman–Crippen LogP) is 3.43. The number of hydrogen-bond donors (Lipinski definition) is 2. The molecular formula is C14H12BrFN2O2. The molecule has 2 rings (SSSR count). The Labute approximate surface area is 123 Å². The van der Waals surface area contributed by atoms with Gasteiger partial charge in [-0.25, -0.2) is 4.39 Å². The van der Waals surface area contributed by atoms with Crippen molar-refractivity contribution in [2.45, 2.75) is 0 Å². The molecular weight excluding hydrogens is 327 g/mol. The van der Waals surface area contributed by atoms with Crippen molar-refractivity contribution in [2.75, 3.05) is 18.2 Å². The molecule has 0 fully saturated rings. The lowest BCUT2D eigenvalue weighted by Crippen LogP contribution is -2.13. The molecule has 0 atom stereocenters. The lowest BCUT2D eigenvalue weighted by atomic mass is 10.2. The van der Waals surface area contributed by atoms with Gasteiger partial charge in [0.25, 0.3) is 5.91 Å². The first-order valence-corrected chi connectivity index (χ1v) is 6.50. The van der Waals surface area contributed by atoms with Gasteiger partial charge in [-0.05, 0) is 52.3 Å². The number of carbonyl (C=O) groups excluding carboxylic acids is 1. The van der Waals surface area contributed by atoms with Crippen molar-refractivity contribution in [2.24, 2.45) is 0 Å². The number of benzene rings is 2. The van der Waals surface area contributed by atoms with E-state index in [9.17, 15) is 9.18 Å². The van der Waals surface area contributed by atoms with E-state index < -0.39 is 5.82 Å². The van der Waals surface area contributed by atoms with Crippen LogP contribution < -0.4 is 15.8 Å². The Bertz CT molecular complexity index is 662. The molecule has 2 aromatic rings. The summed E-state index contributed by atoms with van der Waals surface area (Å²) in [5.41, 5.74) is 6.95. The van der Waals surface area contributed by atoms with Gasteiger partial charge in [0.15, 0.2) is 0 Å². The molecule has 0 radical (unpaired) electrons. The second kappa shape index (κ2) is 5.92. The fourth-order valence-electron chi connectivity index (χ4n) is 1.69. The van der Waals surface area contributed by atoms with E-state index in [1.165, 1.54) is 25.3 Å². The monoisotopic (exact) mass is 338 g/mol. The molecule has 0 aliphatic carbocycles. The molecule has 0 unspecified atom stereocenters. The topological polar surface area (TPSA) is 64.3 Å². The lowest BCUT2D eigenvalue weighted by molar-refractivity contribution is 0.102. The van der Waals surface area contributed by atoms with Crippen LogP contribution in [0.1, 0.15) is 10.4 Å². The van der Waals surface area contributed by atoms with Gasteiger partial charge >= 0.3 is 0 Å². The summed E-state index contributed by atoms with van der Waals surface area (Å²) < 4.78 is 18.5. The molecule has 0 bridgehead atoms. The molecule has 2 aromatic carbocycles. The Hall–Kier alpha value is -2.08. The largest absolute Gasteiger partial charge is 0.495 e. The van der Waals surface area contributed by atoms with Crippen LogP contribution in [0.4, 0.5) is 15.8 Å². The summed E-state index contributed by atoms with van der Waals surface area (Å²) in [6, 6.07) is 8.76. The van der Waals surface area contributed by atoms with Gasteiger partial charge in [-0.2, -0.15) is 0 Å². The molecule has 6 heteroatoms. The van der Waals surface area contributed by atoms with Gasteiger partial charge in [0.05, 0.1) is 18.4 Å². The zero-order chi connectivity index (χ0) is 14.7. The van der Waals surface area contributed by atoms with Crippen molar-refractivity contribution in [1.82, 2.24) is 0 Å². The van der Waals surface area contributed by atoms with Crippen molar-refractivity contribution in [1.29, 1.82) is 0 Å². The highest BCUT2D eigenvalue weighted by Gasteiger charge is 2.13. The van der Waals surface area contributed by atoms with Gasteiger partial charge in [0.2, 0.25) is 0 Å². The molecule has 104 valence electrons. The first-order chi connectivity index (χ1) is 9.51. The Kier molecular flexibility index (Phi) is 4.24. The number of nitrogens with one attached hydrogen (secondary N) is 1. The van der Waals surface area contributed by atoms with Crippen molar-refractivity contribution < 1.29 is 13.9 Å². The number of hydrogen-bond acceptors (Lipinski definition) is 3. The standard InChI is InChI=1S/C14H12BrFN2O2/c1-20-13-5-3-9(17)7-12(13)18-14(19)10-4-2-8(16)6-11(10)15/h2-7H,17H2,1H3,(H,18,19). The van der Waals surface area contributed by atoms with Crippen LogP contribution in [0.2, 0.25) is 0 Å². The van der Waals surface area contributed by atoms with E-state index in [0.717, 1.165) is 0 Å². The minimum Gasteiger partial charge on any atom is -0.495 e. The highest BCUT2D eigenvalue weighted by Crippen LogP contribution is 2.28. The summed E-state index contributed by atoms with van der Waals surface area (Å²) >= 11 is 3.15. The summed E-state index contributed by atoms with van der Waals surface area (Å²) in [5.74, 6) is -0.318. The number of amides is 1. The molecule has 4 nitrogen and oxygen atoms in total. The van der Waals surface area contributed by atoms with Gasteiger partial charge in [-0.1, -0.05) is 0 Å². The molecule has 0 saturated carbocycles. The predicted molar refractivity (Wildman–Crippen MR) is 79.5 cm³/mol. The number of halogens is 2. The van der Waals surface area contributed by atoms with Gasteiger partial charge in [-0.3, -0.25) is 4.79 Å². The Morgan fingerprint density at radius 1 is 1.30 bits per heavy atom. The quantitative estimate of drug-likeness (QED) is 0.842. The van der Waals surface area contributed by atoms with E-state index >= 15 is 0 Å². The Morgan fingerprint density at radius 2 is 2.05 bits per heavy atom. The maximum Gasteiger partial charge on any atom is 0.256 e. The van der Waals surface area contributed by atoms with Crippen LogP contribution >= 0.6 is 15.9 Å². The van der Waals surface area contributed by atoms with Crippen LogP contribution in [0.25, 0.3) is 0 Å². The number of methoxy groups -OCH3 is 1. The van der Waals surface area contributed by atoms with Crippen molar-refractivity contribution in [3.63, 3.8) is 0 Å². The normalized spacial score (nSPS) is 10.2. The molecule has 0 aromatic heterocycles. The third kappa shape index (κ3) is 3.08. The molecule has 0 saturated heterocycles. The number of nitrogen functional groups attached to an aromatic ring is 1. The number of nitrogens with two attached hydrogens (primary N) is 1. The van der Waals surface area contributed by atoms with E-state index in [4.69, 9.17) is 10.5 Å². The molecule has 3 N–H and O–H groups in total. The minimum atomic E-state index is -0.421. The first kappa shape index (κ1) is 14.3. The second-order valence-electron chi connectivity index (χ2n) is 4.04. The van der Waals surface area contributed by atoms with E-state index in [1.54, 1.807) is 18.2 Å². The molecule has 0 aliphatic rings. The molecule has 0 spiro atoms. The van der Waals surface area contributed by atoms with Crippen LogP contribution in [0.15, 0.2) is 40.9 Å². The van der Waals surface area contributed by atoms with E-state index in [1.807, 2.05) is 0 Å². The van der Waals surface area contributed by atoms with Gasteiger partial charge < -0.3 is 15.8 Å². The third-order valence-corrected chi connectivity index (χ3v) is 3.30. The Balaban J connectivity index is 2.30. The molecule has 0 heterocycles. The Morgan fingerprint density at radius 3 is 2.70 bits per heavy atom. The molecule has 1 amide bonds. The average molecular weight is 339 g/mol. The summed E-state index contributed by atoms with van der Waals surface area (Å²) in [5, 5.41) is 2.68. The SMILES string of the molecule is COc1ccc(N)cc1NC(=O)c1ccc(F)cc1Br.